The first-order chi connectivity index (χ1) is 17.7. The summed E-state index contributed by atoms with van der Waals surface area (Å²) in [6, 6.07) is 22.3. The van der Waals surface area contributed by atoms with E-state index in [1.54, 1.807) is 6.92 Å². The third kappa shape index (κ3) is 8.78. The summed E-state index contributed by atoms with van der Waals surface area (Å²) in [7, 11) is 0. The van der Waals surface area contributed by atoms with Gasteiger partial charge in [-0.3, -0.25) is 9.59 Å². The molecule has 2 N–H and O–H groups in total. The normalized spacial score (nSPS) is 11.7. The SMILES string of the molecule is CCOC(=O)CCc1ccc(NCc2ccccc2)cc1C(=O)NC(CC(C)C)c1cc(C)cc(C)c1. The van der Waals surface area contributed by atoms with E-state index in [9.17, 15) is 9.59 Å². The van der Waals surface area contributed by atoms with Crippen molar-refractivity contribution in [3.05, 3.63) is 100 Å². The fourth-order valence-corrected chi connectivity index (χ4v) is 4.58. The maximum Gasteiger partial charge on any atom is 0.306 e. The molecule has 196 valence electrons. The van der Waals surface area contributed by atoms with Crippen molar-refractivity contribution in [1.29, 1.82) is 0 Å². The van der Waals surface area contributed by atoms with Crippen LogP contribution in [0, 0.1) is 19.8 Å². The maximum atomic E-state index is 13.7. The summed E-state index contributed by atoms with van der Waals surface area (Å²) < 4.78 is 5.11. The number of nitrogens with one attached hydrogen (secondary N) is 2. The van der Waals surface area contributed by atoms with Crippen LogP contribution in [0.4, 0.5) is 5.69 Å². The van der Waals surface area contributed by atoms with Crippen molar-refractivity contribution < 1.29 is 14.3 Å². The fourth-order valence-electron chi connectivity index (χ4n) is 4.58. The third-order valence-corrected chi connectivity index (χ3v) is 6.26. The molecule has 5 nitrogen and oxygen atoms in total. The van der Waals surface area contributed by atoms with Gasteiger partial charge in [0.05, 0.1) is 12.6 Å². The molecule has 3 aromatic rings. The van der Waals surface area contributed by atoms with Gasteiger partial charge >= 0.3 is 5.97 Å². The lowest BCUT2D eigenvalue weighted by Gasteiger charge is -2.23. The highest BCUT2D eigenvalue weighted by Gasteiger charge is 2.21. The van der Waals surface area contributed by atoms with E-state index in [-0.39, 0.29) is 24.3 Å². The predicted molar refractivity (Wildman–Crippen MR) is 151 cm³/mol. The first kappa shape index (κ1) is 28.0. The van der Waals surface area contributed by atoms with E-state index < -0.39 is 0 Å². The summed E-state index contributed by atoms with van der Waals surface area (Å²) in [5.41, 5.74) is 6.92. The van der Waals surface area contributed by atoms with Gasteiger partial charge in [0.25, 0.3) is 5.91 Å². The average Bonchev–Trinajstić information content (AvgIpc) is 2.86. The van der Waals surface area contributed by atoms with E-state index in [1.807, 2.05) is 36.4 Å². The van der Waals surface area contributed by atoms with E-state index >= 15 is 0 Å². The van der Waals surface area contributed by atoms with E-state index in [1.165, 1.54) is 11.1 Å². The Kier molecular flexibility index (Phi) is 10.3. The number of ether oxygens (including phenoxy) is 1. The summed E-state index contributed by atoms with van der Waals surface area (Å²) in [5, 5.41) is 6.74. The Morgan fingerprint density at radius 3 is 2.27 bits per heavy atom. The predicted octanol–water partition coefficient (Wildman–Crippen LogP) is 6.93. The molecule has 1 unspecified atom stereocenters. The van der Waals surface area contributed by atoms with Crippen molar-refractivity contribution in [2.75, 3.05) is 11.9 Å². The highest BCUT2D eigenvalue weighted by atomic mass is 16.5. The minimum Gasteiger partial charge on any atom is -0.466 e. The summed E-state index contributed by atoms with van der Waals surface area (Å²) in [4.78, 5) is 25.8. The summed E-state index contributed by atoms with van der Waals surface area (Å²) in [5.74, 6) is 0.0216. The van der Waals surface area contributed by atoms with E-state index in [2.05, 4.69) is 68.7 Å². The van der Waals surface area contributed by atoms with Gasteiger partial charge in [0.2, 0.25) is 0 Å². The second kappa shape index (κ2) is 13.6. The zero-order valence-corrected chi connectivity index (χ0v) is 22.8. The van der Waals surface area contributed by atoms with Crippen LogP contribution in [0.1, 0.15) is 77.8 Å². The molecule has 0 saturated heterocycles. The van der Waals surface area contributed by atoms with E-state index in [0.29, 0.717) is 31.1 Å². The first-order valence-corrected chi connectivity index (χ1v) is 13.2. The molecule has 3 rings (SSSR count). The number of aryl methyl sites for hydroxylation is 3. The fraction of sp³-hybridized carbons (Fsp3) is 0.375. The number of anilines is 1. The van der Waals surface area contributed by atoms with Crippen LogP contribution >= 0.6 is 0 Å². The molecule has 0 heterocycles. The molecule has 0 saturated carbocycles. The Morgan fingerprint density at radius 2 is 1.62 bits per heavy atom. The Balaban J connectivity index is 1.88. The lowest BCUT2D eigenvalue weighted by Crippen LogP contribution is -2.30. The van der Waals surface area contributed by atoms with Crippen molar-refractivity contribution in [2.45, 2.75) is 66.5 Å². The van der Waals surface area contributed by atoms with Crippen molar-refractivity contribution in [3.63, 3.8) is 0 Å². The van der Waals surface area contributed by atoms with Gasteiger partial charge in [0, 0.05) is 24.2 Å². The number of hydrogen-bond donors (Lipinski definition) is 2. The average molecular weight is 501 g/mol. The topological polar surface area (TPSA) is 67.4 Å². The molecule has 3 aromatic carbocycles. The number of hydrogen-bond acceptors (Lipinski definition) is 4. The van der Waals surface area contributed by atoms with Crippen LogP contribution in [0.5, 0.6) is 0 Å². The molecule has 0 fully saturated rings. The minimum absolute atomic E-state index is 0.107. The van der Waals surface area contributed by atoms with Gasteiger partial charge in [-0.2, -0.15) is 0 Å². The van der Waals surface area contributed by atoms with Crippen molar-refractivity contribution in [3.8, 4) is 0 Å². The summed E-state index contributed by atoms with van der Waals surface area (Å²) >= 11 is 0. The Labute approximate surface area is 221 Å². The molecule has 0 aliphatic heterocycles. The van der Waals surface area contributed by atoms with Crippen LogP contribution in [0.3, 0.4) is 0 Å². The van der Waals surface area contributed by atoms with Crippen LogP contribution < -0.4 is 10.6 Å². The molecule has 0 aromatic heterocycles. The van der Waals surface area contributed by atoms with E-state index in [0.717, 1.165) is 28.8 Å². The van der Waals surface area contributed by atoms with Gasteiger partial charge in [-0.1, -0.05) is 79.6 Å². The molecule has 0 radical (unpaired) electrons. The van der Waals surface area contributed by atoms with Crippen LogP contribution in [0.2, 0.25) is 0 Å². The van der Waals surface area contributed by atoms with Crippen molar-refractivity contribution in [2.24, 2.45) is 5.92 Å². The smallest absolute Gasteiger partial charge is 0.306 e. The van der Waals surface area contributed by atoms with Gasteiger partial charge in [0.15, 0.2) is 0 Å². The van der Waals surface area contributed by atoms with Gasteiger partial charge in [-0.15, -0.1) is 0 Å². The molecule has 0 bridgehead atoms. The van der Waals surface area contributed by atoms with E-state index in [4.69, 9.17) is 4.74 Å². The van der Waals surface area contributed by atoms with Crippen LogP contribution in [-0.2, 0) is 22.5 Å². The molecular weight excluding hydrogens is 460 g/mol. The maximum absolute atomic E-state index is 13.7. The Hall–Kier alpha value is -3.60. The molecule has 0 aliphatic carbocycles. The Morgan fingerprint density at radius 1 is 0.919 bits per heavy atom. The molecule has 37 heavy (non-hydrogen) atoms. The molecule has 1 atom stereocenters. The lowest BCUT2D eigenvalue weighted by atomic mass is 9.93. The number of esters is 1. The molecule has 1 amide bonds. The van der Waals surface area contributed by atoms with Crippen LogP contribution in [0.25, 0.3) is 0 Å². The van der Waals surface area contributed by atoms with Gasteiger partial charge in [0.1, 0.15) is 0 Å². The summed E-state index contributed by atoms with van der Waals surface area (Å²) in [6.07, 6.45) is 1.51. The van der Waals surface area contributed by atoms with Crippen molar-refractivity contribution >= 4 is 17.6 Å². The number of amides is 1. The number of benzene rings is 3. The molecular formula is C32H40N2O3. The summed E-state index contributed by atoms with van der Waals surface area (Å²) in [6.45, 7) is 11.3. The third-order valence-electron chi connectivity index (χ3n) is 6.26. The Bertz CT molecular complexity index is 1170. The highest BCUT2D eigenvalue weighted by Crippen LogP contribution is 2.26. The van der Waals surface area contributed by atoms with Gasteiger partial charge in [-0.25, -0.2) is 0 Å². The highest BCUT2D eigenvalue weighted by molar-refractivity contribution is 5.97. The first-order valence-electron chi connectivity index (χ1n) is 13.2. The molecule has 0 aliphatic rings. The van der Waals surface area contributed by atoms with Crippen LogP contribution in [0.15, 0.2) is 66.7 Å². The zero-order chi connectivity index (χ0) is 26.8. The van der Waals surface area contributed by atoms with Crippen LogP contribution in [-0.4, -0.2) is 18.5 Å². The quantitative estimate of drug-likeness (QED) is 0.265. The minimum atomic E-state index is -0.256. The molecule has 5 heteroatoms. The van der Waals surface area contributed by atoms with Crippen molar-refractivity contribution in [1.82, 2.24) is 5.32 Å². The standard InChI is InChI=1S/C32H40N2O3/c1-6-37-31(35)15-13-26-12-14-28(33-21-25-10-8-7-9-11-25)20-29(26)32(36)34-30(16-22(2)3)27-18-23(4)17-24(5)19-27/h7-12,14,17-20,22,30,33H,6,13,15-16,21H2,1-5H3,(H,34,36). The second-order valence-electron chi connectivity index (χ2n) is 10.1. The second-order valence-corrected chi connectivity index (χ2v) is 10.1. The largest absolute Gasteiger partial charge is 0.466 e. The molecule has 0 spiro atoms. The van der Waals surface area contributed by atoms with Gasteiger partial charge < -0.3 is 15.4 Å². The number of rotatable bonds is 12. The monoisotopic (exact) mass is 500 g/mol. The number of carbonyl (C=O) groups is 2. The number of carbonyl (C=O) groups excluding carboxylic acids is 2. The lowest BCUT2D eigenvalue weighted by molar-refractivity contribution is -0.143. The zero-order valence-electron chi connectivity index (χ0n) is 22.8. The van der Waals surface area contributed by atoms with Gasteiger partial charge in [-0.05, 0) is 68.4 Å².